The van der Waals surface area contributed by atoms with E-state index in [-0.39, 0.29) is 13.0 Å². The zero-order valence-corrected chi connectivity index (χ0v) is 11.8. The molecular weight excluding hydrogens is 256 g/mol. The van der Waals surface area contributed by atoms with Crippen molar-refractivity contribution in [3.8, 4) is 0 Å². The molecule has 0 saturated heterocycles. The normalized spacial score (nSPS) is 20.8. The lowest BCUT2D eigenvalue weighted by Gasteiger charge is -2.28. The van der Waals surface area contributed by atoms with Crippen molar-refractivity contribution in [1.82, 2.24) is 5.01 Å². The van der Waals surface area contributed by atoms with Crippen LogP contribution in [0, 0.1) is 6.92 Å². The summed E-state index contributed by atoms with van der Waals surface area (Å²) in [5.74, 6) is -0.451. The molecule has 1 aromatic carbocycles. The number of hydrogen-bond donors (Lipinski definition) is 2. The third-order valence-corrected chi connectivity index (χ3v) is 3.41. The van der Waals surface area contributed by atoms with E-state index >= 15 is 0 Å². The van der Waals surface area contributed by atoms with E-state index in [9.17, 15) is 15.0 Å². The van der Waals surface area contributed by atoms with Crippen molar-refractivity contribution in [3.63, 3.8) is 0 Å². The molecule has 0 saturated carbocycles. The maximum Gasteiger partial charge on any atom is 0.271 e. The van der Waals surface area contributed by atoms with Crippen LogP contribution in [0.4, 0.5) is 0 Å². The van der Waals surface area contributed by atoms with Gasteiger partial charge in [0.05, 0.1) is 18.4 Å². The summed E-state index contributed by atoms with van der Waals surface area (Å²) >= 11 is 0. The molecule has 1 aliphatic rings. The van der Waals surface area contributed by atoms with E-state index in [0.717, 1.165) is 11.1 Å². The van der Waals surface area contributed by atoms with Gasteiger partial charge in [-0.3, -0.25) is 4.79 Å². The van der Waals surface area contributed by atoms with Crippen LogP contribution in [-0.4, -0.2) is 45.6 Å². The molecule has 5 nitrogen and oxygen atoms in total. The molecule has 2 N–H and O–H groups in total. The van der Waals surface area contributed by atoms with E-state index in [1.807, 2.05) is 38.1 Å². The number of nitrogens with zero attached hydrogens (tertiary/aromatic N) is 2. The topological polar surface area (TPSA) is 73.1 Å². The molecule has 0 fully saturated rings. The van der Waals surface area contributed by atoms with Gasteiger partial charge in [-0.1, -0.05) is 36.8 Å². The fraction of sp³-hybridized carbons (Fsp3) is 0.467. The monoisotopic (exact) mass is 276 g/mol. The highest BCUT2D eigenvalue weighted by Gasteiger charge is 2.30. The molecule has 1 amide bonds. The van der Waals surface area contributed by atoms with E-state index in [0.29, 0.717) is 12.1 Å². The van der Waals surface area contributed by atoms with Gasteiger partial charge in [-0.15, -0.1) is 0 Å². The van der Waals surface area contributed by atoms with Crippen LogP contribution in [-0.2, 0) is 4.79 Å². The first-order chi connectivity index (χ1) is 9.51. The van der Waals surface area contributed by atoms with E-state index in [2.05, 4.69) is 5.10 Å². The highest BCUT2D eigenvalue weighted by atomic mass is 16.3. The van der Waals surface area contributed by atoms with E-state index in [4.69, 9.17) is 0 Å². The molecule has 2 atom stereocenters. The van der Waals surface area contributed by atoms with Gasteiger partial charge in [-0.2, -0.15) is 5.10 Å². The summed E-state index contributed by atoms with van der Waals surface area (Å²) in [5.41, 5.74) is 2.69. The number of amides is 1. The Hall–Kier alpha value is -1.72. The van der Waals surface area contributed by atoms with Gasteiger partial charge in [-0.05, 0) is 18.9 Å². The van der Waals surface area contributed by atoms with Crippen LogP contribution in [0.5, 0.6) is 0 Å². The SMILES string of the molecule is CCC(O)CN1N=C(c2ccc(C)cc2)CC(O)C1=O. The Labute approximate surface area is 118 Å². The Kier molecular flexibility index (Phi) is 4.52. The number of aryl methyl sites for hydroxylation is 1. The first-order valence-electron chi connectivity index (χ1n) is 6.83. The van der Waals surface area contributed by atoms with Gasteiger partial charge < -0.3 is 10.2 Å². The van der Waals surface area contributed by atoms with Crippen molar-refractivity contribution < 1.29 is 15.0 Å². The van der Waals surface area contributed by atoms with Crippen LogP contribution in [0.1, 0.15) is 30.9 Å². The summed E-state index contributed by atoms with van der Waals surface area (Å²) < 4.78 is 0. The molecule has 2 rings (SSSR count). The van der Waals surface area contributed by atoms with Gasteiger partial charge in [-0.25, -0.2) is 5.01 Å². The van der Waals surface area contributed by atoms with Gasteiger partial charge in [0, 0.05) is 6.42 Å². The Balaban J connectivity index is 2.25. The van der Waals surface area contributed by atoms with Crippen LogP contribution in [0.2, 0.25) is 0 Å². The quantitative estimate of drug-likeness (QED) is 0.863. The van der Waals surface area contributed by atoms with Crippen LogP contribution in [0.25, 0.3) is 0 Å². The number of benzene rings is 1. The first kappa shape index (κ1) is 14.7. The average molecular weight is 276 g/mol. The maximum atomic E-state index is 11.9. The summed E-state index contributed by atoms with van der Waals surface area (Å²) in [6.45, 7) is 3.94. The van der Waals surface area contributed by atoms with Gasteiger partial charge in [0.25, 0.3) is 5.91 Å². The molecule has 108 valence electrons. The lowest BCUT2D eigenvalue weighted by atomic mass is 10.0. The Morgan fingerprint density at radius 2 is 2.05 bits per heavy atom. The molecule has 1 aliphatic heterocycles. The minimum absolute atomic E-state index is 0.113. The summed E-state index contributed by atoms with van der Waals surface area (Å²) in [6, 6.07) is 7.77. The standard InChI is InChI=1S/C15H20N2O3/c1-3-12(18)9-17-15(20)14(19)8-13(16-17)11-6-4-10(2)5-7-11/h4-7,12,14,18-19H,3,8-9H2,1-2H3. The largest absolute Gasteiger partial charge is 0.391 e. The summed E-state index contributed by atoms with van der Waals surface area (Å²) in [5, 5.41) is 25.0. The van der Waals surface area contributed by atoms with Crippen molar-refractivity contribution in [2.24, 2.45) is 5.10 Å². The zero-order valence-electron chi connectivity index (χ0n) is 11.8. The third kappa shape index (κ3) is 3.23. The lowest BCUT2D eigenvalue weighted by molar-refractivity contribution is -0.142. The van der Waals surface area contributed by atoms with Crippen LogP contribution in [0.3, 0.4) is 0 Å². The van der Waals surface area contributed by atoms with Crippen molar-refractivity contribution in [1.29, 1.82) is 0 Å². The molecular formula is C15H20N2O3. The second kappa shape index (κ2) is 6.15. The van der Waals surface area contributed by atoms with Crippen molar-refractivity contribution in [2.45, 2.75) is 38.9 Å². The summed E-state index contributed by atoms with van der Waals surface area (Å²) in [6.07, 6.45) is -0.976. The molecule has 2 unspecified atom stereocenters. The zero-order chi connectivity index (χ0) is 14.7. The number of aliphatic hydroxyl groups is 2. The highest BCUT2D eigenvalue weighted by molar-refractivity contribution is 6.05. The molecule has 1 heterocycles. The van der Waals surface area contributed by atoms with Gasteiger partial charge in [0.15, 0.2) is 0 Å². The number of β-amino-alcohol motifs (C(OH)–C–C–N with tert-alkyl or cyclic N) is 1. The lowest BCUT2D eigenvalue weighted by Crippen LogP contribution is -2.45. The van der Waals surface area contributed by atoms with E-state index in [1.165, 1.54) is 5.01 Å². The Bertz CT molecular complexity index is 510. The molecule has 1 aromatic rings. The summed E-state index contributed by atoms with van der Waals surface area (Å²) in [4.78, 5) is 11.9. The van der Waals surface area contributed by atoms with Crippen LogP contribution < -0.4 is 0 Å². The number of carbonyl (C=O) groups is 1. The Morgan fingerprint density at radius 1 is 1.40 bits per heavy atom. The number of rotatable bonds is 4. The van der Waals surface area contributed by atoms with Gasteiger partial charge >= 0.3 is 0 Å². The third-order valence-electron chi connectivity index (χ3n) is 3.41. The fourth-order valence-electron chi connectivity index (χ4n) is 2.06. The van der Waals surface area contributed by atoms with Crippen molar-refractivity contribution >= 4 is 11.6 Å². The molecule has 0 radical (unpaired) electrons. The van der Waals surface area contributed by atoms with E-state index in [1.54, 1.807) is 0 Å². The molecule has 0 aromatic heterocycles. The Morgan fingerprint density at radius 3 is 2.65 bits per heavy atom. The predicted octanol–water partition coefficient (Wildman–Crippen LogP) is 1.06. The number of aliphatic hydroxyl groups excluding tert-OH is 2. The number of carbonyl (C=O) groups excluding carboxylic acids is 1. The average Bonchev–Trinajstić information content (AvgIpc) is 2.44. The molecule has 0 spiro atoms. The predicted molar refractivity (Wildman–Crippen MR) is 76.4 cm³/mol. The highest BCUT2D eigenvalue weighted by Crippen LogP contribution is 2.17. The second-order valence-electron chi connectivity index (χ2n) is 5.12. The fourth-order valence-corrected chi connectivity index (χ4v) is 2.06. The van der Waals surface area contributed by atoms with Crippen LogP contribution >= 0.6 is 0 Å². The minimum Gasteiger partial charge on any atom is -0.391 e. The smallest absolute Gasteiger partial charge is 0.271 e. The molecule has 0 aliphatic carbocycles. The molecule has 20 heavy (non-hydrogen) atoms. The van der Waals surface area contributed by atoms with E-state index < -0.39 is 18.1 Å². The minimum atomic E-state index is -1.09. The van der Waals surface area contributed by atoms with Crippen molar-refractivity contribution in [2.75, 3.05) is 6.54 Å². The number of hydrazone groups is 1. The molecule has 0 bridgehead atoms. The van der Waals surface area contributed by atoms with Gasteiger partial charge in [0.1, 0.15) is 6.10 Å². The van der Waals surface area contributed by atoms with Gasteiger partial charge in [0.2, 0.25) is 0 Å². The first-order valence-corrected chi connectivity index (χ1v) is 6.83. The second-order valence-corrected chi connectivity index (χ2v) is 5.12. The molecule has 5 heteroatoms. The van der Waals surface area contributed by atoms with Crippen molar-refractivity contribution in [3.05, 3.63) is 35.4 Å². The van der Waals surface area contributed by atoms with Crippen LogP contribution in [0.15, 0.2) is 29.4 Å². The summed E-state index contributed by atoms with van der Waals surface area (Å²) in [7, 11) is 0. The maximum absolute atomic E-state index is 11.9. The number of hydrogen-bond acceptors (Lipinski definition) is 4.